The number of aryl methyl sites for hydroxylation is 1. The SMILES string of the molecule is CC1CC(c2cccc(-c3cnc4c(C(F)(F)F)cc(CCl)cn4c3=O)c2)(c2nncn2C)C1. The fourth-order valence-corrected chi connectivity index (χ4v) is 5.25. The molecule has 0 spiro atoms. The van der Waals surface area contributed by atoms with Crippen LogP contribution in [0.2, 0.25) is 0 Å². The van der Waals surface area contributed by atoms with Crippen LogP contribution < -0.4 is 5.56 Å². The van der Waals surface area contributed by atoms with Gasteiger partial charge >= 0.3 is 6.18 Å². The molecule has 0 aliphatic heterocycles. The van der Waals surface area contributed by atoms with Gasteiger partial charge in [0.15, 0.2) is 5.65 Å². The first-order chi connectivity index (χ1) is 16.1. The Hall–Kier alpha value is -3.20. The molecule has 0 unspecified atom stereocenters. The number of halogens is 4. The third-order valence-corrected chi connectivity index (χ3v) is 6.89. The Morgan fingerprint density at radius 3 is 2.62 bits per heavy atom. The molecule has 6 nitrogen and oxygen atoms in total. The lowest BCUT2D eigenvalue weighted by Gasteiger charge is -2.46. The highest BCUT2D eigenvalue weighted by atomic mass is 35.5. The minimum atomic E-state index is -4.67. The summed E-state index contributed by atoms with van der Waals surface area (Å²) < 4.78 is 43.7. The second kappa shape index (κ2) is 7.94. The predicted octanol–water partition coefficient (Wildman–Crippen LogP) is 4.96. The van der Waals surface area contributed by atoms with Crippen molar-refractivity contribution in [2.24, 2.45) is 13.0 Å². The van der Waals surface area contributed by atoms with E-state index in [2.05, 4.69) is 22.1 Å². The van der Waals surface area contributed by atoms with Gasteiger partial charge in [0.25, 0.3) is 5.56 Å². The van der Waals surface area contributed by atoms with Gasteiger partial charge in [-0.2, -0.15) is 13.2 Å². The highest BCUT2D eigenvalue weighted by molar-refractivity contribution is 6.17. The van der Waals surface area contributed by atoms with Crippen LogP contribution in [0.5, 0.6) is 0 Å². The summed E-state index contributed by atoms with van der Waals surface area (Å²) in [7, 11) is 1.90. The molecule has 4 aromatic rings. The largest absolute Gasteiger partial charge is 0.419 e. The molecule has 0 amide bonds. The van der Waals surface area contributed by atoms with Gasteiger partial charge < -0.3 is 4.57 Å². The summed E-state index contributed by atoms with van der Waals surface area (Å²) in [6.45, 7) is 2.17. The topological polar surface area (TPSA) is 65.1 Å². The molecule has 3 aromatic heterocycles. The highest BCUT2D eigenvalue weighted by Crippen LogP contribution is 2.51. The number of nitrogens with zero attached hydrogens (tertiary/aromatic N) is 5. The Kier molecular flexibility index (Phi) is 5.27. The van der Waals surface area contributed by atoms with Crippen molar-refractivity contribution in [2.45, 2.75) is 37.2 Å². The Bertz CT molecular complexity index is 1450. The van der Waals surface area contributed by atoms with Gasteiger partial charge in [0.2, 0.25) is 0 Å². The van der Waals surface area contributed by atoms with Gasteiger partial charge in [-0.3, -0.25) is 9.20 Å². The van der Waals surface area contributed by atoms with Gasteiger partial charge in [0.05, 0.1) is 16.5 Å². The molecule has 1 aliphatic carbocycles. The second-order valence-corrected chi connectivity index (χ2v) is 9.27. The first-order valence-electron chi connectivity index (χ1n) is 10.8. The molecule has 1 aromatic carbocycles. The summed E-state index contributed by atoms with van der Waals surface area (Å²) in [5.41, 5.74) is -0.419. The molecule has 0 bridgehead atoms. The van der Waals surface area contributed by atoms with Gasteiger partial charge in [-0.15, -0.1) is 21.8 Å². The lowest BCUT2D eigenvalue weighted by molar-refractivity contribution is -0.136. The normalized spacial score (nSPS) is 20.5. The Balaban J connectivity index is 1.67. The Labute approximate surface area is 198 Å². The van der Waals surface area contributed by atoms with Gasteiger partial charge in [-0.25, -0.2) is 4.98 Å². The molecular weight excluding hydrogens is 467 g/mol. The van der Waals surface area contributed by atoms with E-state index in [9.17, 15) is 18.0 Å². The monoisotopic (exact) mass is 487 g/mol. The number of hydrogen-bond donors (Lipinski definition) is 0. The summed E-state index contributed by atoms with van der Waals surface area (Å²) in [6, 6.07) is 8.43. The number of aromatic nitrogens is 5. The third-order valence-electron chi connectivity index (χ3n) is 6.58. The lowest BCUT2D eigenvalue weighted by atomic mass is 9.58. The zero-order chi connectivity index (χ0) is 24.3. The predicted molar refractivity (Wildman–Crippen MR) is 122 cm³/mol. The molecule has 1 fully saturated rings. The molecule has 0 N–H and O–H groups in total. The lowest BCUT2D eigenvalue weighted by Crippen LogP contribution is -2.43. The van der Waals surface area contributed by atoms with Crippen molar-refractivity contribution < 1.29 is 13.2 Å². The van der Waals surface area contributed by atoms with Crippen molar-refractivity contribution in [3.8, 4) is 11.1 Å². The van der Waals surface area contributed by atoms with Gasteiger partial charge in [0, 0.05) is 25.3 Å². The molecule has 10 heteroatoms. The summed E-state index contributed by atoms with van der Waals surface area (Å²) in [6.07, 6.45) is 1.28. The molecular formula is C24H21ClF3N5O. The average Bonchev–Trinajstić information content (AvgIpc) is 3.22. The van der Waals surface area contributed by atoms with Crippen molar-refractivity contribution in [3.63, 3.8) is 0 Å². The second-order valence-electron chi connectivity index (χ2n) is 9.01. The molecule has 0 atom stereocenters. The minimum absolute atomic E-state index is 0.163. The van der Waals surface area contributed by atoms with E-state index in [4.69, 9.17) is 11.6 Å². The zero-order valence-electron chi connectivity index (χ0n) is 18.5. The average molecular weight is 488 g/mol. The number of fused-ring (bicyclic) bond motifs is 1. The first-order valence-corrected chi connectivity index (χ1v) is 11.3. The summed E-state index contributed by atoms with van der Waals surface area (Å²) in [4.78, 5) is 17.4. The molecule has 5 rings (SSSR count). The number of rotatable bonds is 4. The number of benzene rings is 1. The van der Waals surface area contributed by atoms with Crippen molar-refractivity contribution in [2.75, 3.05) is 0 Å². The van der Waals surface area contributed by atoms with E-state index < -0.39 is 22.9 Å². The Morgan fingerprint density at radius 1 is 1.24 bits per heavy atom. The van der Waals surface area contributed by atoms with Crippen LogP contribution in [0.15, 0.2) is 53.8 Å². The molecule has 0 saturated heterocycles. The smallest absolute Gasteiger partial charge is 0.320 e. The van der Waals surface area contributed by atoms with Crippen LogP contribution in [0.25, 0.3) is 16.8 Å². The van der Waals surface area contributed by atoms with E-state index in [1.165, 1.54) is 12.4 Å². The van der Waals surface area contributed by atoms with Crippen LogP contribution in [0.4, 0.5) is 13.2 Å². The summed E-state index contributed by atoms with van der Waals surface area (Å²) in [5.74, 6) is 1.18. The summed E-state index contributed by atoms with van der Waals surface area (Å²) >= 11 is 5.81. The van der Waals surface area contributed by atoms with Gasteiger partial charge in [0.1, 0.15) is 12.2 Å². The number of hydrogen-bond acceptors (Lipinski definition) is 4. The van der Waals surface area contributed by atoms with Crippen LogP contribution in [0.3, 0.4) is 0 Å². The third kappa shape index (κ3) is 3.50. The van der Waals surface area contributed by atoms with Gasteiger partial charge in [-0.1, -0.05) is 25.1 Å². The van der Waals surface area contributed by atoms with Crippen LogP contribution in [-0.4, -0.2) is 24.1 Å². The zero-order valence-corrected chi connectivity index (χ0v) is 19.2. The number of pyridine rings is 1. The van der Waals surface area contributed by atoms with E-state index >= 15 is 0 Å². The summed E-state index contributed by atoms with van der Waals surface area (Å²) in [5, 5.41) is 8.39. The minimum Gasteiger partial charge on any atom is -0.320 e. The molecule has 3 heterocycles. The van der Waals surface area contributed by atoms with Crippen LogP contribution in [0, 0.1) is 5.92 Å². The van der Waals surface area contributed by atoms with Crippen molar-refractivity contribution >= 4 is 17.2 Å². The van der Waals surface area contributed by atoms with Crippen LogP contribution in [-0.2, 0) is 24.5 Å². The van der Waals surface area contributed by atoms with Gasteiger partial charge in [-0.05, 0) is 47.6 Å². The standard InChI is InChI=1S/C24H21ClF3N5O/c1-14-8-23(9-14,22-31-30-13-32(22)2)17-5-3-4-16(7-17)18-11-29-20-19(24(26,27)28)6-15(10-25)12-33(20)21(18)34/h3-7,11-14H,8-10H2,1-2H3. The maximum Gasteiger partial charge on any atom is 0.419 e. The van der Waals surface area contributed by atoms with E-state index in [0.717, 1.165) is 34.7 Å². The first kappa shape index (κ1) is 22.6. The van der Waals surface area contributed by atoms with Crippen LogP contribution >= 0.6 is 11.6 Å². The Morgan fingerprint density at radius 2 is 2.00 bits per heavy atom. The molecule has 1 saturated carbocycles. The van der Waals surface area contributed by atoms with Crippen molar-refractivity contribution in [1.29, 1.82) is 0 Å². The van der Waals surface area contributed by atoms with E-state index in [1.807, 2.05) is 29.8 Å². The number of alkyl halides is 4. The highest BCUT2D eigenvalue weighted by Gasteiger charge is 2.48. The molecule has 34 heavy (non-hydrogen) atoms. The van der Waals surface area contributed by atoms with E-state index in [-0.39, 0.29) is 22.4 Å². The van der Waals surface area contributed by atoms with E-state index in [1.54, 1.807) is 12.4 Å². The van der Waals surface area contributed by atoms with E-state index in [0.29, 0.717) is 11.5 Å². The maximum absolute atomic E-state index is 13.6. The molecule has 176 valence electrons. The molecule has 0 radical (unpaired) electrons. The van der Waals surface area contributed by atoms with Crippen molar-refractivity contribution in [1.82, 2.24) is 24.1 Å². The fraction of sp³-hybridized carbons (Fsp3) is 0.333. The fourth-order valence-electron chi connectivity index (χ4n) is 5.10. The van der Waals surface area contributed by atoms with Crippen LogP contribution in [0.1, 0.15) is 42.3 Å². The molecule has 1 aliphatic rings. The van der Waals surface area contributed by atoms with Crippen molar-refractivity contribution in [3.05, 3.63) is 81.9 Å². The quantitative estimate of drug-likeness (QED) is 0.381. The maximum atomic E-state index is 13.6.